The van der Waals surface area contributed by atoms with Crippen LogP contribution in [-0.4, -0.2) is 27.3 Å². The second-order valence-electron chi connectivity index (χ2n) is 5.17. The van der Waals surface area contributed by atoms with Gasteiger partial charge in [-0.25, -0.2) is 4.98 Å². The zero-order valence-corrected chi connectivity index (χ0v) is 15.0. The van der Waals surface area contributed by atoms with Gasteiger partial charge in [0, 0.05) is 18.1 Å². The van der Waals surface area contributed by atoms with Crippen LogP contribution in [0.5, 0.6) is 0 Å². The molecule has 0 saturated carbocycles. The summed E-state index contributed by atoms with van der Waals surface area (Å²) in [6.45, 7) is 6.82. The molecule has 0 fully saturated rings. The molecule has 1 N–H and O–H groups in total. The lowest BCUT2D eigenvalue weighted by Gasteiger charge is -2.15. The molecule has 124 valence electrons. The number of carbonyl (C=O) groups excluding carboxylic acids is 1. The Balaban J connectivity index is 2.50. The fourth-order valence-corrected chi connectivity index (χ4v) is 3.34. The molecule has 0 bridgehead atoms. The number of aromatic nitrogens is 2. The average molecular weight is 354 g/mol. The van der Waals surface area contributed by atoms with Gasteiger partial charge in [-0.15, -0.1) is 0 Å². The predicted octanol–water partition coefficient (Wildman–Crippen LogP) is 3.08. The molecule has 2 aromatic rings. The van der Waals surface area contributed by atoms with E-state index in [0.717, 1.165) is 6.42 Å². The third kappa shape index (κ3) is 4.06. The van der Waals surface area contributed by atoms with Crippen molar-refractivity contribution in [3.8, 4) is 0 Å². The van der Waals surface area contributed by atoms with Crippen molar-refractivity contribution >= 4 is 40.2 Å². The molecule has 23 heavy (non-hydrogen) atoms. The van der Waals surface area contributed by atoms with E-state index in [-0.39, 0.29) is 16.7 Å². The minimum Gasteiger partial charge on any atom is -0.355 e. The van der Waals surface area contributed by atoms with E-state index >= 15 is 0 Å². The summed E-state index contributed by atoms with van der Waals surface area (Å²) in [6.07, 6.45) is 0.809. The Morgan fingerprint density at radius 1 is 1.43 bits per heavy atom. The number of hydrogen-bond acceptors (Lipinski definition) is 4. The number of halogens is 1. The van der Waals surface area contributed by atoms with Crippen molar-refractivity contribution in [3.63, 3.8) is 0 Å². The quantitative estimate of drug-likeness (QED) is 0.640. The number of hydrogen-bond donors (Lipinski definition) is 1. The first kappa shape index (κ1) is 17.8. The number of nitrogens with zero attached hydrogens (tertiary/aromatic N) is 2. The van der Waals surface area contributed by atoms with Crippen LogP contribution in [0, 0.1) is 0 Å². The Bertz CT molecular complexity index is 776. The molecule has 5 nitrogen and oxygen atoms in total. The first-order chi connectivity index (χ1) is 11.0. The highest BCUT2D eigenvalue weighted by atomic mass is 35.5. The summed E-state index contributed by atoms with van der Waals surface area (Å²) in [5.74, 6) is -0.0685. The monoisotopic (exact) mass is 353 g/mol. The number of thioether (sulfide) groups is 1. The van der Waals surface area contributed by atoms with Crippen LogP contribution in [0.1, 0.15) is 27.2 Å². The summed E-state index contributed by atoms with van der Waals surface area (Å²) in [4.78, 5) is 29.2. The number of fused-ring (bicyclic) bond motifs is 1. The molecule has 1 aromatic carbocycles. The summed E-state index contributed by atoms with van der Waals surface area (Å²) < 4.78 is 1.64. The van der Waals surface area contributed by atoms with Crippen molar-refractivity contribution in [1.82, 2.24) is 14.9 Å². The van der Waals surface area contributed by atoms with Gasteiger partial charge in [-0.2, -0.15) is 0 Å². The molecule has 1 atom stereocenters. The lowest BCUT2D eigenvalue weighted by atomic mass is 10.2. The summed E-state index contributed by atoms with van der Waals surface area (Å²) >= 11 is 7.29. The minimum absolute atomic E-state index is 0.0685. The second-order valence-corrected chi connectivity index (χ2v) is 6.91. The zero-order chi connectivity index (χ0) is 17.0. The van der Waals surface area contributed by atoms with Gasteiger partial charge in [0.2, 0.25) is 5.91 Å². The maximum Gasteiger partial charge on any atom is 0.262 e. The van der Waals surface area contributed by atoms with E-state index in [4.69, 9.17) is 11.6 Å². The van der Waals surface area contributed by atoms with Crippen molar-refractivity contribution in [1.29, 1.82) is 0 Å². The van der Waals surface area contributed by atoms with E-state index in [9.17, 15) is 9.59 Å². The first-order valence-electron chi connectivity index (χ1n) is 7.62. The maximum absolute atomic E-state index is 12.7. The Morgan fingerprint density at radius 3 is 2.83 bits per heavy atom. The van der Waals surface area contributed by atoms with Crippen molar-refractivity contribution in [2.24, 2.45) is 0 Å². The molecular formula is C16H20ClN3O2S. The summed E-state index contributed by atoms with van der Waals surface area (Å²) in [6, 6.07) is 5.06. The highest BCUT2D eigenvalue weighted by Crippen LogP contribution is 2.24. The van der Waals surface area contributed by atoms with Gasteiger partial charge in [0.1, 0.15) is 0 Å². The molecule has 0 aliphatic heterocycles. The van der Waals surface area contributed by atoms with Crippen molar-refractivity contribution in [2.45, 2.75) is 44.1 Å². The molecule has 1 heterocycles. The molecule has 1 amide bonds. The van der Waals surface area contributed by atoms with Gasteiger partial charge in [-0.1, -0.05) is 30.3 Å². The van der Waals surface area contributed by atoms with Crippen molar-refractivity contribution in [2.75, 3.05) is 6.54 Å². The number of amides is 1. The fourth-order valence-electron chi connectivity index (χ4n) is 2.21. The van der Waals surface area contributed by atoms with Gasteiger partial charge in [-0.3, -0.25) is 14.2 Å². The number of rotatable bonds is 6. The largest absolute Gasteiger partial charge is 0.355 e. The Morgan fingerprint density at radius 2 is 2.17 bits per heavy atom. The molecule has 0 spiro atoms. The van der Waals surface area contributed by atoms with Crippen LogP contribution in [0.2, 0.25) is 5.02 Å². The highest BCUT2D eigenvalue weighted by molar-refractivity contribution is 8.00. The van der Waals surface area contributed by atoms with Crippen LogP contribution in [0.4, 0.5) is 0 Å². The second kappa shape index (κ2) is 7.84. The Kier molecular flexibility index (Phi) is 6.07. The molecule has 1 aromatic heterocycles. The van der Waals surface area contributed by atoms with Gasteiger partial charge in [0.15, 0.2) is 5.16 Å². The minimum atomic E-state index is -0.332. The van der Waals surface area contributed by atoms with Gasteiger partial charge < -0.3 is 5.32 Å². The first-order valence-corrected chi connectivity index (χ1v) is 8.88. The van der Waals surface area contributed by atoms with Gasteiger partial charge in [-0.05, 0) is 38.5 Å². The Hall–Kier alpha value is -1.53. The van der Waals surface area contributed by atoms with Crippen molar-refractivity contribution in [3.05, 3.63) is 33.6 Å². The van der Waals surface area contributed by atoms with Crippen LogP contribution >= 0.6 is 23.4 Å². The van der Waals surface area contributed by atoms with Crippen LogP contribution in [-0.2, 0) is 11.3 Å². The van der Waals surface area contributed by atoms with E-state index < -0.39 is 0 Å². The molecular weight excluding hydrogens is 334 g/mol. The van der Waals surface area contributed by atoms with Crippen LogP contribution in [0.15, 0.2) is 28.2 Å². The third-order valence-electron chi connectivity index (χ3n) is 3.33. The van der Waals surface area contributed by atoms with Crippen molar-refractivity contribution < 1.29 is 4.79 Å². The normalized spacial score (nSPS) is 12.3. The predicted molar refractivity (Wildman–Crippen MR) is 95.3 cm³/mol. The zero-order valence-electron chi connectivity index (χ0n) is 13.4. The van der Waals surface area contributed by atoms with E-state index in [1.807, 2.05) is 13.8 Å². The van der Waals surface area contributed by atoms with Gasteiger partial charge >= 0.3 is 0 Å². The standard InChI is InChI=1S/C16H20ClN3O2S/c1-4-8-20-15(22)12-7-6-11(17)9-13(12)19-16(20)23-10(3)14(21)18-5-2/h6-7,9-10H,4-5,8H2,1-3H3,(H,18,21)/t10-/m0/s1. The maximum atomic E-state index is 12.7. The summed E-state index contributed by atoms with van der Waals surface area (Å²) in [7, 11) is 0. The molecule has 0 saturated heterocycles. The summed E-state index contributed by atoms with van der Waals surface area (Å²) in [5.41, 5.74) is 0.458. The highest BCUT2D eigenvalue weighted by Gasteiger charge is 2.18. The van der Waals surface area contributed by atoms with E-state index in [2.05, 4.69) is 10.3 Å². The molecule has 0 aliphatic rings. The smallest absolute Gasteiger partial charge is 0.262 e. The number of benzene rings is 1. The molecule has 0 unspecified atom stereocenters. The molecule has 0 radical (unpaired) electrons. The topological polar surface area (TPSA) is 64.0 Å². The number of carbonyl (C=O) groups is 1. The third-order valence-corrected chi connectivity index (χ3v) is 4.66. The average Bonchev–Trinajstić information content (AvgIpc) is 2.51. The molecule has 2 rings (SSSR count). The van der Waals surface area contributed by atoms with Gasteiger partial charge in [0.05, 0.1) is 16.2 Å². The van der Waals surface area contributed by atoms with E-state index in [1.54, 1.807) is 29.7 Å². The van der Waals surface area contributed by atoms with Crippen LogP contribution in [0.25, 0.3) is 10.9 Å². The molecule has 0 aliphatic carbocycles. The Labute approximate surface area is 144 Å². The number of nitrogens with one attached hydrogen (secondary N) is 1. The lowest BCUT2D eigenvalue weighted by molar-refractivity contribution is -0.120. The van der Waals surface area contributed by atoms with Crippen LogP contribution < -0.4 is 10.9 Å². The van der Waals surface area contributed by atoms with E-state index in [0.29, 0.717) is 34.2 Å². The molecule has 7 heteroatoms. The van der Waals surface area contributed by atoms with Gasteiger partial charge in [0.25, 0.3) is 5.56 Å². The summed E-state index contributed by atoms with van der Waals surface area (Å²) in [5, 5.41) is 4.07. The lowest BCUT2D eigenvalue weighted by Crippen LogP contribution is -2.31. The SMILES string of the molecule is CCCn1c(S[C@@H](C)C(=O)NCC)nc2cc(Cl)ccc2c1=O. The fraction of sp³-hybridized carbons (Fsp3) is 0.438. The van der Waals surface area contributed by atoms with E-state index in [1.165, 1.54) is 11.8 Å². The van der Waals surface area contributed by atoms with Crippen LogP contribution in [0.3, 0.4) is 0 Å².